The predicted molar refractivity (Wildman–Crippen MR) is 68.6 cm³/mol. The van der Waals surface area contributed by atoms with Crippen molar-refractivity contribution in [3.8, 4) is 17.2 Å². The number of benzene rings is 2. The van der Waals surface area contributed by atoms with E-state index in [0.717, 1.165) is 24.8 Å². The molecule has 1 heteroatoms. The maximum absolute atomic E-state index is 9.18. The SMILES string of the molecule is N#Cc1cccc2c1CCCc1ccccc1-2. The van der Waals surface area contributed by atoms with Gasteiger partial charge in [-0.15, -0.1) is 0 Å². The number of hydrogen-bond donors (Lipinski definition) is 0. The topological polar surface area (TPSA) is 23.8 Å². The molecule has 1 aliphatic rings. The Morgan fingerprint density at radius 2 is 1.71 bits per heavy atom. The van der Waals surface area contributed by atoms with Gasteiger partial charge in [0, 0.05) is 0 Å². The quantitative estimate of drug-likeness (QED) is 0.662. The molecule has 0 aromatic heterocycles. The fourth-order valence-corrected chi connectivity index (χ4v) is 2.67. The molecule has 0 spiro atoms. The summed E-state index contributed by atoms with van der Waals surface area (Å²) in [5.41, 5.74) is 6.01. The second-order valence-corrected chi connectivity index (χ2v) is 4.45. The molecular formula is C16H13N. The molecule has 0 radical (unpaired) electrons. The van der Waals surface area contributed by atoms with Gasteiger partial charge in [-0.3, -0.25) is 0 Å². The second kappa shape index (κ2) is 4.07. The minimum atomic E-state index is 0.833. The second-order valence-electron chi connectivity index (χ2n) is 4.45. The van der Waals surface area contributed by atoms with Crippen LogP contribution in [0.5, 0.6) is 0 Å². The average Bonchev–Trinajstić information content (AvgIpc) is 2.58. The van der Waals surface area contributed by atoms with Crippen LogP contribution in [0.25, 0.3) is 11.1 Å². The van der Waals surface area contributed by atoms with Crippen molar-refractivity contribution in [3.05, 3.63) is 59.2 Å². The number of nitriles is 1. The van der Waals surface area contributed by atoms with Crippen LogP contribution in [0.15, 0.2) is 42.5 Å². The summed E-state index contributed by atoms with van der Waals surface area (Å²) in [5.74, 6) is 0. The third kappa shape index (κ3) is 1.62. The molecule has 1 aliphatic carbocycles. The van der Waals surface area contributed by atoms with Gasteiger partial charge in [0.05, 0.1) is 11.6 Å². The number of fused-ring (bicyclic) bond motifs is 3. The molecule has 17 heavy (non-hydrogen) atoms. The summed E-state index contributed by atoms with van der Waals surface area (Å²) in [4.78, 5) is 0. The number of hydrogen-bond acceptors (Lipinski definition) is 1. The van der Waals surface area contributed by atoms with Crippen LogP contribution in [0.4, 0.5) is 0 Å². The highest BCUT2D eigenvalue weighted by Gasteiger charge is 2.15. The molecule has 0 unspecified atom stereocenters. The summed E-state index contributed by atoms with van der Waals surface area (Å²) in [6.45, 7) is 0. The Kier molecular flexibility index (Phi) is 2.42. The minimum absolute atomic E-state index is 0.833. The lowest BCUT2D eigenvalue weighted by atomic mass is 9.94. The van der Waals surface area contributed by atoms with E-state index < -0.39 is 0 Å². The molecule has 82 valence electrons. The minimum Gasteiger partial charge on any atom is -0.192 e. The monoisotopic (exact) mass is 219 g/mol. The van der Waals surface area contributed by atoms with Gasteiger partial charge in [0.25, 0.3) is 0 Å². The van der Waals surface area contributed by atoms with Gasteiger partial charge in [0.15, 0.2) is 0 Å². The van der Waals surface area contributed by atoms with Crippen LogP contribution in [-0.4, -0.2) is 0 Å². The van der Waals surface area contributed by atoms with Gasteiger partial charge in [-0.1, -0.05) is 36.4 Å². The van der Waals surface area contributed by atoms with Crippen molar-refractivity contribution in [2.75, 3.05) is 0 Å². The summed E-state index contributed by atoms with van der Waals surface area (Å²) >= 11 is 0. The Morgan fingerprint density at radius 1 is 0.882 bits per heavy atom. The molecule has 0 amide bonds. The lowest BCUT2D eigenvalue weighted by molar-refractivity contribution is 0.833. The van der Waals surface area contributed by atoms with E-state index in [2.05, 4.69) is 36.4 Å². The Bertz CT molecular complexity index is 605. The number of aryl methyl sites for hydroxylation is 1. The standard InChI is InChI=1S/C16H13N/c17-11-13-7-4-10-16-14-8-2-1-5-12(14)6-3-9-15(13)16/h1-2,4-5,7-8,10H,3,6,9H2. The van der Waals surface area contributed by atoms with E-state index in [4.69, 9.17) is 0 Å². The van der Waals surface area contributed by atoms with Crippen LogP contribution in [0.1, 0.15) is 23.1 Å². The van der Waals surface area contributed by atoms with Crippen LogP contribution in [0, 0.1) is 11.3 Å². The first-order valence-electron chi connectivity index (χ1n) is 6.00. The zero-order valence-electron chi connectivity index (χ0n) is 9.61. The van der Waals surface area contributed by atoms with Gasteiger partial charge in [-0.2, -0.15) is 5.26 Å². The van der Waals surface area contributed by atoms with Crippen LogP contribution in [-0.2, 0) is 12.8 Å². The van der Waals surface area contributed by atoms with E-state index in [-0.39, 0.29) is 0 Å². The van der Waals surface area contributed by atoms with Crippen LogP contribution in [0.2, 0.25) is 0 Å². The summed E-state index contributed by atoms with van der Waals surface area (Å²) in [6, 6.07) is 16.9. The Labute approximate surface area is 101 Å². The van der Waals surface area contributed by atoms with E-state index >= 15 is 0 Å². The van der Waals surface area contributed by atoms with Crippen LogP contribution in [0.3, 0.4) is 0 Å². The highest BCUT2D eigenvalue weighted by Crippen LogP contribution is 2.33. The maximum Gasteiger partial charge on any atom is 0.0994 e. The summed E-state index contributed by atoms with van der Waals surface area (Å²) in [5, 5.41) is 9.18. The first-order chi connectivity index (χ1) is 8.40. The Balaban J connectivity index is 2.31. The molecule has 0 bridgehead atoms. The molecule has 0 saturated heterocycles. The lowest BCUT2D eigenvalue weighted by Crippen LogP contribution is -1.92. The van der Waals surface area contributed by atoms with Crippen molar-refractivity contribution in [1.29, 1.82) is 5.26 Å². The van der Waals surface area contributed by atoms with Gasteiger partial charge in [-0.25, -0.2) is 0 Å². The zero-order chi connectivity index (χ0) is 11.7. The smallest absolute Gasteiger partial charge is 0.0994 e. The van der Waals surface area contributed by atoms with E-state index in [9.17, 15) is 5.26 Å². The zero-order valence-corrected chi connectivity index (χ0v) is 9.61. The third-order valence-electron chi connectivity index (χ3n) is 3.48. The molecule has 0 N–H and O–H groups in total. The molecule has 2 aromatic rings. The van der Waals surface area contributed by atoms with Crippen molar-refractivity contribution in [2.24, 2.45) is 0 Å². The van der Waals surface area contributed by atoms with Crippen molar-refractivity contribution in [1.82, 2.24) is 0 Å². The van der Waals surface area contributed by atoms with E-state index in [0.29, 0.717) is 0 Å². The largest absolute Gasteiger partial charge is 0.192 e. The third-order valence-corrected chi connectivity index (χ3v) is 3.48. The first-order valence-corrected chi connectivity index (χ1v) is 6.00. The number of nitrogens with zero attached hydrogens (tertiary/aromatic N) is 1. The lowest BCUT2D eigenvalue weighted by Gasteiger charge is -2.09. The molecule has 0 fully saturated rings. The van der Waals surface area contributed by atoms with E-state index in [1.807, 2.05) is 12.1 Å². The Morgan fingerprint density at radius 3 is 2.59 bits per heavy atom. The highest BCUT2D eigenvalue weighted by atomic mass is 14.3. The molecule has 2 aromatic carbocycles. The molecule has 3 rings (SSSR count). The molecular weight excluding hydrogens is 206 g/mol. The summed E-state index contributed by atoms with van der Waals surface area (Å²) < 4.78 is 0. The number of rotatable bonds is 0. The Hall–Kier alpha value is -2.07. The van der Waals surface area contributed by atoms with Gasteiger partial charge in [0.1, 0.15) is 0 Å². The first kappa shape index (κ1) is 10.1. The fourth-order valence-electron chi connectivity index (χ4n) is 2.67. The molecule has 0 saturated carbocycles. The summed E-state index contributed by atoms with van der Waals surface area (Å²) in [7, 11) is 0. The van der Waals surface area contributed by atoms with Gasteiger partial charge in [0.2, 0.25) is 0 Å². The van der Waals surface area contributed by atoms with E-state index in [1.165, 1.54) is 22.3 Å². The maximum atomic E-state index is 9.18. The molecule has 0 heterocycles. The van der Waals surface area contributed by atoms with Crippen molar-refractivity contribution >= 4 is 0 Å². The highest BCUT2D eigenvalue weighted by molar-refractivity contribution is 5.73. The van der Waals surface area contributed by atoms with Crippen LogP contribution >= 0.6 is 0 Å². The van der Waals surface area contributed by atoms with Crippen molar-refractivity contribution < 1.29 is 0 Å². The van der Waals surface area contributed by atoms with Gasteiger partial charge < -0.3 is 0 Å². The molecule has 1 nitrogen and oxygen atoms in total. The van der Waals surface area contributed by atoms with Crippen molar-refractivity contribution in [3.63, 3.8) is 0 Å². The molecule has 0 aliphatic heterocycles. The fraction of sp³-hybridized carbons (Fsp3) is 0.188. The molecule has 0 atom stereocenters. The van der Waals surface area contributed by atoms with Crippen LogP contribution < -0.4 is 0 Å². The van der Waals surface area contributed by atoms with E-state index in [1.54, 1.807) is 0 Å². The van der Waals surface area contributed by atoms with Gasteiger partial charge in [-0.05, 0) is 47.6 Å². The average molecular weight is 219 g/mol. The summed E-state index contributed by atoms with van der Waals surface area (Å²) in [6.07, 6.45) is 3.24. The van der Waals surface area contributed by atoms with Crippen molar-refractivity contribution in [2.45, 2.75) is 19.3 Å². The normalized spacial score (nSPS) is 13.1. The van der Waals surface area contributed by atoms with Gasteiger partial charge >= 0.3 is 0 Å². The predicted octanol–water partition coefficient (Wildman–Crippen LogP) is 3.71.